The van der Waals surface area contributed by atoms with E-state index in [1.165, 1.54) is 5.56 Å². The first-order valence-electron chi connectivity index (χ1n) is 5.11. The Morgan fingerprint density at radius 2 is 1.86 bits per heavy atom. The van der Waals surface area contributed by atoms with Crippen molar-refractivity contribution in [3.63, 3.8) is 0 Å². The van der Waals surface area contributed by atoms with Crippen LogP contribution in [0.15, 0.2) is 30.3 Å². The summed E-state index contributed by atoms with van der Waals surface area (Å²) in [6.45, 7) is 4.21. The van der Waals surface area contributed by atoms with Gasteiger partial charge in [-0.25, -0.2) is 0 Å². The number of rotatable bonds is 5. The molecular formula is C12H20N2. The van der Waals surface area contributed by atoms with Crippen LogP contribution in [0.5, 0.6) is 0 Å². The van der Waals surface area contributed by atoms with Crippen LogP contribution in [0.3, 0.4) is 0 Å². The molecule has 0 amide bonds. The Labute approximate surface area is 86.9 Å². The average Bonchev–Trinajstić information content (AvgIpc) is 2.19. The van der Waals surface area contributed by atoms with Crippen LogP contribution in [-0.4, -0.2) is 31.6 Å². The van der Waals surface area contributed by atoms with Crippen LogP contribution in [0.25, 0.3) is 0 Å². The number of hydrogen-bond donors (Lipinski definition) is 1. The van der Waals surface area contributed by atoms with Gasteiger partial charge >= 0.3 is 0 Å². The van der Waals surface area contributed by atoms with Gasteiger partial charge in [0.15, 0.2) is 0 Å². The molecule has 0 aliphatic carbocycles. The van der Waals surface area contributed by atoms with Gasteiger partial charge in [-0.05, 0) is 26.6 Å². The average molecular weight is 192 g/mol. The lowest BCUT2D eigenvalue weighted by atomic mass is 10.2. The molecule has 1 atom stereocenters. The molecule has 0 spiro atoms. The zero-order valence-corrected chi connectivity index (χ0v) is 9.33. The number of benzene rings is 1. The predicted octanol–water partition coefficient (Wildman–Crippen LogP) is 1.73. The molecule has 2 heteroatoms. The largest absolute Gasteiger partial charge is 0.311 e. The van der Waals surface area contributed by atoms with Gasteiger partial charge in [0.2, 0.25) is 0 Å². The summed E-state index contributed by atoms with van der Waals surface area (Å²) in [6.07, 6.45) is 0. The molecular weight excluding hydrogens is 172 g/mol. The Hall–Kier alpha value is -0.860. The Balaban J connectivity index is 2.22. The molecule has 0 saturated heterocycles. The maximum absolute atomic E-state index is 3.44. The van der Waals surface area contributed by atoms with Crippen LogP contribution in [-0.2, 0) is 6.54 Å². The minimum atomic E-state index is 0.582. The van der Waals surface area contributed by atoms with Gasteiger partial charge < -0.3 is 10.2 Å². The highest BCUT2D eigenvalue weighted by molar-refractivity contribution is 5.14. The lowest BCUT2D eigenvalue weighted by Crippen LogP contribution is -2.35. The summed E-state index contributed by atoms with van der Waals surface area (Å²) in [7, 11) is 4.21. The first kappa shape index (κ1) is 11.2. The van der Waals surface area contributed by atoms with Gasteiger partial charge in [0.25, 0.3) is 0 Å². The fourth-order valence-electron chi connectivity index (χ4n) is 1.20. The maximum Gasteiger partial charge on any atom is 0.0206 e. The van der Waals surface area contributed by atoms with E-state index in [4.69, 9.17) is 0 Å². The van der Waals surface area contributed by atoms with Crippen molar-refractivity contribution in [1.82, 2.24) is 10.2 Å². The van der Waals surface area contributed by atoms with E-state index in [9.17, 15) is 0 Å². The van der Waals surface area contributed by atoms with E-state index >= 15 is 0 Å². The van der Waals surface area contributed by atoms with Gasteiger partial charge in [0, 0.05) is 19.1 Å². The van der Waals surface area contributed by atoms with Crippen LogP contribution in [0.4, 0.5) is 0 Å². The molecule has 1 rings (SSSR count). The number of likely N-dealkylation sites (N-methyl/N-ethyl adjacent to an activating group) is 1. The Morgan fingerprint density at radius 3 is 2.43 bits per heavy atom. The van der Waals surface area contributed by atoms with E-state index in [2.05, 4.69) is 55.5 Å². The summed E-state index contributed by atoms with van der Waals surface area (Å²) >= 11 is 0. The SMILES string of the molecule is C[C@H](CNCc1ccccc1)N(C)C. The van der Waals surface area contributed by atoms with E-state index in [0.717, 1.165) is 13.1 Å². The smallest absolute Gasteiger partial charge is 0.0206 e. The first-order chi connectivity index (χ1) is 6.70. The zero-order chi connectivity index (χ0) is 10.4. The number of nitrogens with one attached hydrogen (secondary N) is 1. The standard InChI is InChI=1S/C12H20N2/c1-11(14(2)3)9-13-10-12-7-5-4-6-8-12/h4-8,11,13H,9-10H2,1-3H3/t11-/m1/s1. The maximum atomic E-state index is 3.44. The fourth-order valence-corrected chi connectivity index (χ4v) is 1.20. The number of nitrogens with zero attached hydrogens (tertiary/aromatic N) is 1. The molecule has 1 aromatic carbocycles. The minimum Gasteiger partial charge on any atom is -0.311 e. The van der Waals surface area contributed by atoms with Gasteiger partial charge in [-0.15, -0.1) is 0 Å². The summed E-state index contributed by atoms with van der Waals surface area (Å²) in [5.41, 5.74) is 1.35. The highest BCUT2D eigenvalue weighted by atomic mass is 15.1. The van der Waals surface area contributed by atoms with E-state index in [1.807, 2.05) is 6.07 Å². The van der Waals surface area contributed by atoms with Crippen molar-refractivity contribution in [2.45, 2.75) is 19.5 Å². The Morgan fingerprint density at radius 1 is 1.21 bits per heavy atom. The van der Waals surface area contributed by atoms with Crippen LogP contribution in [0, 0.1) is 0 Å². The van der Waals surface area contributed by atoms with E-state index in [1.54, 1.807) is 0 Å². The van der Waals surface area contributed by atoms with Crippen LogP contribution in [0.2, 0.25) is 0 Å². The van der Waals surface area contributed by atoms with E-state index in [-0.39, 0.29) is 0 Å². The van der Waals surface area contributed by atoms with E-state index < -0.39 is 0 Å². The molecule has 1 N–H and O–H groups in total. The van der Waals surface area contributed by atoms with Crippen LogP contribution < -0.4 is 5.32 Å². The second-order valence-electron chi connectivity index (χ2n) is 3.93. The summed E-state index contributed by atoms with van der Waals surface area (Å²) in [5, 5.41) is 3.44. The lowest BCUT2D eigenvalue weighted by Gasteiger charge is -2.20. The Bertz CT molecular complexity index is 244. The molecule has 14 heavy (non-hydrogen) atoms. The van der Waals surface area contributed by atoms with Crippen LogP contribution >= 0.6 is 0 Å². The molecule has 0 heterocycles. The van der Waals surface area contributed by atoms with Gasteiger partial charge in [-0.3, -0.25) is 0 Å². The summed E-state index contributed by atoms with van der Waals surface area (Å²) in [5.74, 6) is 0. The molecule has 0 radical (unpaired) electrons. The van der Waals surface area contributed by atoms with Crippen molar-refractivity contribution in [2.24, 2.45) is 0 Å². The lowest BCUT2D eigenvalue weighted by molar-refractivity contribution is 0.302. The Kier molecular flexibility index (Phi) is 4.63. The second kappa shape index (κ2) is 5.78. The monoisotopic (exact) mass is 192 g/mol. The molecule has 0 aliphatic rings. The third-order valence-electron chi connectivity index (χ3n) is 2.49. The van der Waals surface area contributed by atoms with E-state index in [0.29, 0.717) is 6.04 Å². The first-order valence-corrected chi connectivity index (χ1v) is 5.11. The molecule has 1 aromatic rings. The van der Waals surface area contributed by atoms with Crippen molar-refractivity contribution >= 4 is 0 Å². The number of hydrogen-bond acceptors (Lipinski definition) is 2. The molecule has 78 valence electrons. The molecule has 0 saturated carbocycles. The molecule has 0 aliphatic heterocycles. The summed E-state index contributed by atoms with van der Waals surface area (Å²) in [6, 6.07) is 11.1. The molecule has 0 unspecified atom stereocenters. The van der Waals surface area contributed by atoms with Crippen molar-refractivity contribution in [2.75, 3.05) is 20.6 Å². The van der Waals surface area contributed by atoms with Gasteiger partial charge in [-0.1, -0.05) is 30.3 Å². The summed E-state index contributed by atoms with van der Waals surface area (Å²) in [4.78, 5) is 2.22. The summed E-state index contributed by atoms with van der Waals surface area (Å²) < 4.78 is 0. The minimum absolute atomic E-state index is 0.582. The quantitative estimate of drug-likeness (QED) is 0.764. The third kappa shape index (κ3) is 3.90. The van der Waals surface area contributed by atoms with Crippen molar-refractivity contribution < 1.29 is 0 Å². The van der Waals surface area contributed by atoms with Crippen molar-refractivity contribution in [3.05, 3.63) is 35.9 Å². The molecule has 0 aromatic heterocycles. The normalized spacial score (nSPS) is 13.1. The predicted molar refractivity (Wildman–Crippen MR) is 61.3 cm³/mol. The van der Waals surface area contributed by atoms with Crippen LogP contribution in [0.1, 0.15) is 12.5 Å². The topological polar surface area (TPSA) is 15.3 Å². The molecule has 0 fully saturated rings. The van der Waals surface area contributed by atoms with Crippen molar-refractivity contribution in [1.29, 1.82) is 0 Å². The van der Waals surface area contributed by atoms with Gasteiger partial charge in [0.05, 0.1) is 0 Å². The highest BCUT2D eigenvalue weighted by Crippen LogP contribution is 1.97. The van der Waals surface area contributed by atoms with Gasteiger partial charge in [-0.2, -0.15) is 0 Å². The zero-order valence-electron chi connectivity index (χ0n) is 9.33. The molecule has 0 bridgehead atoms. The molecule has 2 nitrogen and oxygen atoms in total. The second-order valence-corrected chi connectivity index (χ2v) is 3.93. The third-order valence-corrected chi connectivity index (χ3v) is 2.49. The van der Waals surface area contributed by atoms with Gasteiger partial charge in [0.1, 0.15) is 0 Å². The van der Waals surface area contributed by atoms with Crippen molar-refractivity contribution in [3.8, 4) is 0 Å². The fraction of sp³-hybridized carbons (Fsp3) is 0.500. The highest BCUT2D eigenvalue weighted by Gasteiger charge is 2.02.